The normalized spacial score (nSPS) is 16.2. The van der Waals surface area contributed by atoms with Gasteiger partial charge in [0.1, 0.15) is 11.3 Å². The molecule has 6 heteroatoms. The Labute approximate surface area is 185 Å². The van der Waals surface area contributed by atoms with E-state index in [2.05, 4.69) is 17.4 Å². The molecule has 0 bridgehead atoms. The topological polar surface area (TPSA) is 58.6 Å². The van der Waals surface area contributed by atoms with Crippen molar-refractivity contribution in [3.8, 4) is 16.9 Å². The van der Waals surface area contributed by atoms with Gasteiger partial charge in [-0.2, -0.15) is 0 Å². The van der Waals surface area contributed by atoms with Crippen LogP contribution < -0.4 is 15.0 Å². The number of carbonyl (C=O) groups excluding carboxylic acids is 2. The number of ether oxygens (including phenoxy) is 1. The van der Waals surface area contributed by atoms with E-state index >= 15 is 0 Å². The van der Waals surface area contributed by atoms with Crippen molar-refractivity contribution < 1.29 is 14.3 Å². The zero-order chi connectivity index (χ0) is 21.5. The lowest BCUT2D eigenvalue weighted by atomic mass is 10.0. The molecule has 1 aliphatic carbocycles. The van der Waals surface area contributed by atoms with Crippen LogP contribution in [0.1, 0.15) is 16.7 Å². The monoisotopic (exact) mass is 426 g/mol. The van der Waals surface area contributed by atoms with Gasteiger partial charge < -0.3 is 4.74 Å². The second kappa shape index (κ2) is 7.49. The highest BCUT2D eigenvalue weighted by molar-refractivity contribution is 7.80. The average Bonchev–Trinajstić information content (AvgIpc) is 3.15. The Morgan fingerprint density at radius 3 is 2.48 bits per heavy atom. The Hall–Kier alpha value is -3.77. The van der Waals surface area contributed by atoms with Crippen molar-refractivity contribution in [2.45, 2.75) is 6.42 Å². The molecule has 1 aliphatic heterocycles. The van der Waals surface area contributed by atoms with E-state index in [1.807, 2.05) is 30.3 Å². The van der Waals surface area contributed by atoms with E-state index in [0.717, 1.165) is 12.0 Å². The van der Waals surface area contributed by atoms with Crippen LogP contribution in [-0.2, 0) is 16.0 Å². The van der Waals surface area contributed by atoms with Crippen LogP contribution in [0.5, 0.6) is 5.75 Å². The summed E-state index contributed by atoms with van der Waals surface area (Å²) < 4.78 is 5.17. The van der Waals surface area contributed by atoms with Gasteiger partial charge in [0, 0.05) is 0 Å². The van der Waals surface area contributed by atoms with Crippen LogP contribution in [0.2, 0.25) is 0 Å². The number of methoxy groups -OCH3 is 1. The third-order valence-electron chi connectivity index (χ3n) is 5.56. The molecule has 0 saturated carbocycles. The summed E-state index contributed by atoms with van der Waals surface area (Å²) in [6.45, 7) is 0. The van der Waals surface area contributed by atoms with Gasteiger partial charge in [0.25, 0.3) is 11.8 Å². The first-order chi connectivity index (χ1) is 15.0. The summed E-state index contributed by atoms with van der Waals surface area (Å²) in [4.78, 5) is 27.1. The maximum absolute atomic E-state index is 13.2. The van der Waals surface area contributed by atoms with Crippen LogP contribution in [0.15, 0.2) is 72.3 Å². The molecule has 5 rings (SSSR count). The predicted octanol–water partition coefficient (Wildman–Crippen LogP) is 4.10. The van der Waals surface area contributed by atoms with Crippen LogP contribution in [0, 0.1) is 0 Å². The molecule has 0 radical (unpaired) electrons. The van der Waals surface area contributed by atoms with Gasteiger partial charge in [-0.05, 0) is 76.8 Å². The molecule has 152 valence electrons. The predicted molar refractivity (Wildman–Crippen MR) is 124 cm³/mol. The van der Waals surface area contributed by atoms with Crippen LogP contribution in [0.25, 0.3) is 17.2 Å². The van der Waals surface area contributed by atoms with Crippen LogP contribution in [-0.4, -0.2) is 24.0 Å². The minimum atomic E-state index is -0.497. The molecule has 1 heterocycles. The SMILES string of the molecule is COc1ccc(N2C(=O)/C(=C/c3ccc4c(c3)Cc3ccccc3-4)C(=O)NC2=S)cc1. The quantitative estimate of drug-likeness (QED) is 0.304. The van der Waals surface area contributed by atoms with E-state index in [1.54, 1.807) is 37.5 Å². The highest BCUT2D eigenvalue weighted by atomic mass is 32.1. The zero-order valence-electron chi connectivity index (χ0n) is 16.7. The Kier molecular flexibility index (Phi) is 4.64. The Balaban J connectivity index is 1.49. The van der Waals surface area contributed by atoms with Crippen molar-refractivity contribution in [2.24, 2.45) is 0 Å². The summed E-state index contributed by atoms with van der Waals surface area (Å²) in [6, 6.07) is 21.3. The van der Waals surface area contributed by atoms with Crippen molar-refractivity contribution in [1.29, 1.82) is 0 Å². The molecule has 3 aromatic rings. The highest BCUT2D eigenvalue weighted by Crippen LogP contribution is 2.37. The summed E-state index contributed by atoms with van der Waals surface area (Å²) in [5.41, 5.74) is 6.29. The average molecular weight is 426 g/mol. The summed E-state index contributed by atoms with van der Waals surface area (Å²) >= 11 is 5.26. The fourth-order valence-electron chi connectivity index (χ4n) is 4.04. The molecule has 1 saturated heterocycles. The number of nitrogens with zero attached hydrogens (tertiary/aromatic N) is 1. The van der Waals surface area contributed by atoms with Crippen molar-refractivity contribution in [2.75, 3.05) is 12.0 Å². The highest BCUT2D eigenvalue weighted by Gasteiger charge is 2.34. The summed E-state index contributed by atoms with van der Waals surface area (Å²) in [5.74, 6) is -0.288. The lowest BCUT2D eigenvalue weighted by Gasteiger charge is -2.29. The van der Waals surface area contributed by atoms with Gasteiger partial charge in [-0.1, -0.05) is 42.5 Å². The molecule has 31 heavy (non-hydrogen) atoms. The first kappa shape index (κ1) is 19.2. The van der Waals surface area contributed by atoms with Gasteiger partial charge in [-0.3, -0.25) is 19.8 Å². The van der Waals surface area contributed by atoms with Gasteiger partial charge in [0.2, 0.25) is 0 Å². The number of benzene rings is 3. The largest absolute Gasteiger partial charge is 0.497 e. The molecule has 3 aromatic carbocycles. The van der Waals surface area contributed by atoms with Gasteiger partial charge in [-0.25, -0.2) is 0 Å². The fourth-order valence-corrected chi connectivity index (χ4v) is 4.33. The molecule has 0 atom stereocenters. The van der Waals surface area contributed by atoms with E-state index < -0.39 is 11.8 Å². The Morgan fingerprint density at radius 1 is 0.968 bits per heavy atom. The standard InChI is InChI=1S/C25H18N2O3S/c1-30-19-9-7-18(8-10-19)27-24(29)22(23(28)26-25(27)31)13-15-6-11-21-17(12-15)14-16-4-2-3-5-20(16)21/h2-13H,14H2,1H3,(H,26,28,31)/b22-13+. The van der Waals surface area contributed by atoms with E-state index in [1.165, 1.54) is 27.2 Å². The van der Waals surface area contributed by atoms with Gasteiger partial charge >= 0.3 is 0 Å². The Morgan fingerprint density at radius 2 is 1.71 bits per heavy atom. The second-order valence-electron chi connectivity index (χ2n) is 7.41. The molecule has 0 unspecified atom stereocenters. The number of hydrogen-bond donors (Lipinski definition) is 1. The minimum Gasteiger partial charge on any atom is -0.497 e. The number of anilines is 1. The third-order valence-corrected chi connectivity index (χ3v) is 5.85. The lowest BCUT2D eigenvalue weighted by Crippen LogP contribution is -2.54. The zero-order valence-corrected chi connectivity index (χ0v) is 17.5. The van der Waals surface area contributed by atoms with Gasteiger partial charge in [-0.15, -0.1) is 0 Å². The van der Waals surface area contributed by atoms with Crippen molar-refractivity contribution >= 4 is 40.9 Å². The molecule has 0 aromatic heterocycles. The van der Waals surface area contributed by atoms with Crippen LogP contribution in [0.3, 0.4) is 0 Å². The number of nitrogens with one attached hydrogen (secondary N) is 1. The molecule has 2 aliphatic rings. The fraction of sp³-hybridized carbons (Fsp3) is 0.0800. The molecule has 1 fully saturated rings. The summed E-state index contributed by atoms with van der Waals surface area (Å²) in [6.07, 6.45) is 2.46. The van der Waals surface area contributed by atoms with Gasteiger partial charge in [0.15, 0.2) is 5.11 Å². The molecular formula is C25H18N2O3S. The van der Waals surface area contributed by atoms with Crippen molar-refractivity contribution in [3.63, 3.8) is 0 Å². The number of carbonyl (C=O) groups is 2. The molecule has 5 nitrogen and oxygen atoms in total. The minimum absolute atomic E-state index is 0.0416. The number of amides is 2. The second-order valence-corrected chi connectivity index (χ2v) is 7.79. The molecule has 2 amide bonds. The van der Waals surface area contributed by atoms with E-state index in [0.29, 0.717) is 11.4 Å². The number of hydrogen-bond acceptors (Lipinski definition) is 4. The summed E-state index contributed by atoms with van der Waals surface area (Å²) in [5, 5.41) is 2.68. The summed E-state index contributed by atoms with van der Waals surface area (Å²) in [7, 11) is 1.57. The Bertz CT molecular complexity index is 1280. The first-order valence-electron chi connectivity index (χ1n) is 9.82. The maximum atomic E-state index is 13.2. The third kappa shape index (κ3) is 3.31. The number of thiocarbonyl (C=S) groups is 1. The van der Waals surface area contributed by atoms with E-state index in [9.17, 15) is 9.59 Å². The molecule has 0 spiro atoms. The number of rotatable bonds is 3. The van der Waals surface area contributed by atoms with Crippen molar-refractivity contribution in [1.82, 2.24) is 5.32 Å². The van der Waals surface area contributed by atoms with Crippen LogP contribution in [0.4, 0.5) is 5.69 Å². The number of fused-ring (bicyclic) bond motifs is 3. The van der Waals surface area contributed by atoms with Gasteiger partial charge in [0.05, 0.1) is 12.8 Å². The lowest BCUT2D eigenvalue weighted by molar-refractivity contribution is -0.122. The molecular weight excluding hydrogens is 408 g/mol. The molecule has 1 N–H and O–H groups in total. The smallest absolute Gasteiger partial charge is 0.270 e. The van der Waals surface area contributed by atoms with E-state index in [-0.39, 0.29) is 10.7 Å². The van der Waals surface area contributed by atoms with Crippen molar-refractivity contribution in [3.05, 3.63) is 89.0 Å². The first-order valence-corrected chi connectivity index (χ1v) is 10.2. The van der Waals surface area contributed by atoms with Crippen LogP contribution >= 0.6 is 12.2 Å². The maximum Gasteiger partial charge on any atom is 0.270 e. The van der Waals surface area contributed by atoms with E-state index in [4.69, 9.17) is 17.0 Å².